The van der Waals surface area contributed by atoms with Gasteiger partial charge in [-0.1, -0.05) is 0 Å². The van der Waals surface area contributed by atoms with Crippen LogP contribution in [0.25, 0.3) is 22.2 Å². The number of pyridine rings is 2. The van der Waals surface area contributed by atoms with Gasteiger partial charge in [-0.05, 0) is 42.5 Å². The van der Waals surface area contributed by atoms with Crippen LogP contribution in [0.2, 0.25) is 0 Å². The molecule has 2 N–H and O–H groups in total. The van der Waals surface area contributed by atoms with Crippen LogP contribution in [0.5, 0.6) is 0 Å². The van der Waals surface area contributed by atoms with Gasteiger partial charge in [0.1, 0.15) is 11.2 Å². The van der Waals surface area contributed by atoms with Crippen molar-refractivity contribution in [2.45, 2.75) is 0 Å². The van der Waals surface area contributed by atoms with Gasteiger partial charge in [-0.2, -0.15) is 0 Å². The molecule has 8 heteroatoms. The lowest BCUT2D eigenvalue weighted by Gasteiger charge is -2.28. The standard InChI is InChI=1S/C22H20N6O2/c29-22-20-19(24-14-25-22)12-18(15-2-1-7-23-13-15)27-21(20)26-16-3-5-17(6-4-16)28-8-10-30-11-9-28/h1-7,12-14H,8-11H2,(H,26,27)(H,24,25,29). The van der Waals surface area contributed by atoms with Gasteiger partial charge in [-0.15, -0.1) is 0 Å². The summed E-state index contributed by atoms with van der Waals surface area (Å²) in [6.45, 7) is 3.25. The van der Waals surface area contributed by atoms with Crippen molar-refractivity contribution in [3.05, 3.63) is 71.5 Å². The summed E-state index contributed by atoms with van der Waals surface area (Å²) in [5.74, 6) is 0.458. The number of aromatic nitrogens is 4. The molecule has 1 aromatic carbocycles. The first-order valence-corrected chi connectivity index (χ1v) is 9.76. The van der Waals surface area contributed by atoms with Crippen molar-refractivity contribution < 1.29 is 4.74 Å². The first-order chi connectivity index (χ1) is 14.8. The molecule has 0 amide bonds. The van der Waals surface area contributed by atoms with Crippen LogP contribution in [0, 0.1) is 0 Å². The zero-order valence-electron chi connectivity index (χ0n) is 16.2. The van der Waals surface area contributed by atoms with Crippen LogP contribution in [0.15, 0.2) is 66.0 Å². The molecule has 1 aliphatic rings. The number of ether oxygens (including phenoxy) is 1. The summed E-state index contributed by atoms with van der Waals surface area (Å²) < 4.78 is 5.42. The Bertz CT molecular complexity index is 1220. The predicted molar refractivity (Wildman–Crippen MR) is 116 cm³/mol. The first-order valence-electron chi connectivity index (χ1n) is 9.76. The van der Waals surface area contributed by atoms with Gasteiger partial charge in [0.25, 0.3) is 5.56 Å². The van der Waals surface area contributed by atoms with Gasteiger partial charge in [0.15, 0.2) is 0 Å². The maximum absolute atomic E-state index is 12.5. The number of nitrogens with zero attached hydrogens (tertiary/aromatic N) is 4. The smallest absolute Gasteiger partial charge is 0.262 e. The van der Waals surface area contributed by atoms with E-state index in [2.05, 4.69) is 37.3 Å². The molecular weight excluding hydrogens is 380 g/mol. The molecule has 30 heavy (non-hydrogen) atoms. The van der Waals surface area contributed by atoms with E-state index in [1.165, 1.54) is 6.33 Å². The van der Waals surface area contributed by atoms with Crippen molar-refractivity contribution in [2.75, 3.05) is 36.5 Å². The average molecular weight is 400 g/mol. The van der Waals surface area contributed by atoms with Gasteiger partial charge >= 0.3 is 0 Å². The molecule has 1 saturated heterocycles. The van der Waals surface area contributed by atoms with Gasteiger partial charge in [-0.25, -0.2) is 9.97 Å². The molecule has 0 saturated carbocycles. The molecule has 0 aliphatic carbocycles. The molecule has 0 spiro atoms. The van der Waals surface area contributed by atoms with E-state index in [4.69, 9.17) is 9.72 Å². The molecule has 4 heterocycles. The van der Waals surface area contributed by atoms with E-state index in [0.29, 0.717) is 22.4 Å². The van der Waals surface area contributed by atoms with Gasteiger partial charge < -0.3 is 19.9 Å². The van der Waals surface area contributed by atoms with Gasteiger partial charge in [-0.3, -0.25) is 9.78 Å². The summed E-state index contributed by atoms with van der Waals surface area (Å²) in [4.78, 5) is 30.6. The van der Waals surface area contributed by atoms with Gasteiger partial charge in [0.05, 0.1) is 30.8 Å². The van der Waals surface area contributed by atoms with E-state index in [1.54, 1.807) is 18.5 Å². The number of anilines is 3. The number of hydrogen-bond acceptors (Lipinski definition) is 7. The van der Waals surface area contributed by atoms with Crippen molar-refractivity contribution in [3.63, 3.8) is 0 Å². The summed E-state index contributed by atoms with van der Waals surface area (Å²) in [5, 5.41) is 3.71. The quantitative estimate of drug-likeness (QED) is 0.544. The summed E-state index contributed by atoms with van der Waals surface area (Å²) in [5.41, 5.74) is 3.86. The predicted octanol–water partition coefficient (Wildman–Crippen LogP) is 2.96. The lowest BCUT2D eigenvalue weighted by Crippen LogP contribution is -2.36. The van der Waals surface area contributed by atoms with Crippen molar-refractivity contribution in [3.8, 4) is 11.3 Å². The third kappa shape index (κ3) is 3.60. The fourth-order valence-electron chi connectivity index (χ4n) is 3.56. The average Bonchev–Trinajstić information content (AvgIpc) is 2.81. The highest BCUT2D eigenvalue weighted by Gasteiger charge is 2.14. The summed E-state index contributed by atoms with van der Waals surface area (Å²) >= 11 is 0. The van der Waals surface area contributed by atoms with Crippen molar-refractivity contribution >= 4 is 28.1 Å². The topological polar surface area (TPSA) is 96.0 Å². The van der Waals surface area contributed by atoms with E-state index in [1.807, 2.05) is 24.3 Å². The van der Waals surface area contributed by atoms with Crippen molar-refractivity contribution in [2.24, 2.45) is 0 Å². The number of H-pyrrole nitrogens is 1. The summed E-state index contributed by atoms with van der Waals surface area (Å²) in [7, 11) is 0. The SMILES string of the molecule is O=c1[nH]cnc2cc(-c3cccnc3)nc(Nc3ccc(N4CCOCC4)cc3)c12. The molecule has 0 unspecified atom stereocenters. The maximum Gasteiger partial charge on any atom is 0.262 e. The Morgan fingerprint density at radius 1 is 1.10 bits per heavy atom. The van der Waals surface area contributed by atoms with Crippen molar-refractivity contribution in [1.29, 1.82) is 0 Å². The number of aromatic amines is 1. The van der Waals surface area contributed by atoms with E-state index in [9.17, 15) is 4.79 Å². The molecular formula is C22H20N6O2. The highest BCUT2D eigenvalue weighted by atomic mass is 16.5. The van der Waals surface area contributed by atoms with Gasteiger partial charge in [0.2, 0.25) is 0 Å². The molecule has 4 aromatic rings. The van der Waals surface area contributed by atoms with Crippen LogP contribution in [0.4, 0.5) is 17.2 Å². The third-order valence-electron chi connectivity index (χ3n) is 5.09. The van der Waals surface area contributed by atoms with Crippen LogP contribution in [0.1, 0.15) is 0 Å². The largest absolute Gasteiger partial charge is 0.378 e. The molecule has 0 atom stereocenters. The maximum atomic E-state index is 12.5. The number of rotatable bonds is 4. The van der Waals surface area contributed by atoms with E-state index in [-0.39, 0.29) is 5.56 Å². The molecule has 0 radical (unpaired) electrons. The molecule has 1 fully saturated rings. The van der Waals surface area contributed by atoms with E-state index < -0.39 is 0 Å². The van der Waals surface area contributed by atoms with E-state index >= 15 is 0 Å². The number of nitrogens with one attached hydrogen (secondary N) is 2. The van der Waals surface area contributed by atoms with E-state index in [0.717, 1.165) is 43.2 Å². The molecule has 5 rings (SSSR count). The Kier molecular flexibility index (Phi) is 4.82. The van der Waals surface area contributed by atoms with Crippen molar-refractivity contribution in [1.82, 2.24) is 19.9 Å². The summed E-state index contributed by atoms with van der Waals surface area (Å²) in [6, 6.07) is 13.7. The number of benzene rings is 1. The lowest BCUT2D eigenvalue weighted by molar-refractivity contribution is 0.122. The molecule has 0 bridgehead atoms. The molecule has 1 aliphatic heterocycles. The molecule has 150 valence electrons. The van der Waals surface area contributed by atoms with Crippen LogP contribution >= 0.6 is 0 Å². The minimum Gasteiger partial charge on any atom is -0.378 e. The number of fused-ring (bicyclic) bond motifs is 1. The number of morpholine rings is 1. The molecule has 3 aromatic heterocycles. The second-order valence-corrected chi connectivity index (χ2v) is 6.99. The van der Waals surface area contributed by atoms with Crippen LogP contribution in [0.3, 0.4) is 0 Å². The zero-order valence-corrected chi connectivity index (χ0v) is 16.2. The minimum atomic E-state index is -0.238. The Morgan fingerprint density at radius 3 is 2.70 bits per heavy atom. The zero-order chi connectivity index (χ0) is 20.3. The van der Waals surface area contributed by atoms with Crippen LogP contribution < -0.4 is 15.8 Å². The van der Waals surface area contributed by atoms with Crippen LogP contribution in [-0.2, 0) is 4.74 Å². The highest BCUT2D eigenvalue weighted by molar-refractivity contribution is 5.92. The Balaban J connectivity index is 1.52. The summed E-state index contributed by atoms with van der Waals surface area (Å²) in [6.07, 6.45) is 4.85. The second kappa shape index (κ2) is 7.92. The second-order valence-electron chi connectivity index (χ2n) is 6.99. The van der Waals surface area contributed by atoms with Gasteiger partial charge in [0, 0.05) is 42.4 Å². The highest BCUT2D eigenvalue weighted by Crippen LogP contribution is 2.27. The third-order valence-corrected chi connectivity index (χ3v) is 5.09. The van der Waals surface area contributed by atoms with Crippen LogP contribution in [-0.4, -0.2) is 46.2 Å². The Labute approximate surface area is 172 Å². The Morgan fingerprint density at radius 2 is 1.93 bits per heavy atom. The molecule has 8 nitrogen and oxygen atoms in total. The normalized spacial score (nSPS) is 14.1. The fourth-order valence-corrected chi connectivity index (χ4v) is 3.56. The number of hydrogen-bond donors (Lipinski definition) is 2. The minimum absolute atomic E-state index is 0.238. The monoisotopic (exact) mass is 400 g/mol. The fraction of sp³-hybridized carbons (Fsp3) is 0.182. The lowest BCUT2D eigenvalue weighted by atomic mass is 10.1. The first kappa shape index (κ1) is 18.3. The Hall–Kier alpha value is -3.78.